The normalized spacial score (nSPS) is 11.4. The Balaban J connectivity index is 1.40. The summed E-state index contributed by atoms with van der Waals surface area (Å²) in [7, 11) is -4.76. The predicted octanol–water partition coefficient (Wildman–Crippen LogP) is 6.07. The molecule has 0 bridgehead atoms. The van der Waals surface area contributed by atoms with Crippen LogP contribution in [-0.4, -0.2) is 29.3 Å². The molecule has 11 nitrogen and oxygen atoms in total. The molecule has 41 heavy (non-hydrogen) atoms. The number of phosphoric acid groups is 1. The second kappa shape index (κ2) is 10.8. The van der Waals surface area contributed by atoms with Crippen molar-refractivity contribution < 1.29 is 18.9 Å². The Morgan fingerprint density at radius 1 is 0.878 bits per heavy atom. The molecule has 0 saturated carbocycles. The highest BCUT2D eigenvalue weighted by molar-refractivity contribution is 7.46. The van der Waals surface area contributed by atoms with Gasteiger partial charge in [-0.15, -0.1) is 0 Å². The van der Waals surface area contributed by atoms with Crippen molar-refractivity contribution in [1.29, 1.82) is 5.26 Å². The number of fused-ring (bicyclic) bond motifs is 2. The van der Waals surface area contributed by atoms with E-state index >= 15 is 0 Å². The van der Waals surface area contributed by atoms with Crippen LogP contribution in [0.4, 0.5) is 22.7 Å². The van der Waals surface area contributed by atoms with E-state index in [-0.39, 0.29) is 0 Å². The van der Waals surface area contributed by atoms with E-state index in [1.165, 1.54) is 0 Å². The van der Waals surface area contributed by atoms with Gasteiger partial charge in [0, 0.05) is 52.3 Å². The molecule has 12 heteroatoms. The molecule has 6 rings (SSSR count). The van der Waals surface area contributed by atoms with Crippen molar-refractivity contribution >= 4 is 52.5 Å². The Hall–Kier alpha value is -5.11. The molecule has 0 radical (unpaired) electrons. The second-order valence-electron chi connectivity index (χ2n) is 9.08. The molecule has 0 unspecified atom stereocenters. The van der Waals surface area contributed by atoms with E-state index in [2.05, 4.69) is 26.7 Å². The number of rotatable bonds is 8. The summed E-state index contributed by atoms with van der Waals surface area (Å²) in [5.74, 6) is 0.463. The van der Waals surface area contributed by atoms with Crippen LogP contribution in [0.1, 0.15) is 5.56 Å². The van der Waals surface area contributed by atoms with E-state index in [1.807, 2.05) is 60.7 Å². The number of nitrogens with zero attached hydrogens (tertiary/aromatic N) is 5. The summed E-state index contributed by atoms with van der Waals surface area (Å²) < 4.78 is 18.1. The SMILES string of the molecule is N#Cc1ccc2nccc(Nc3cccc(-c4nc5ccc(Nc6ccncc6)cc5n4COP(=O)(O)O)c3)c2c1. The third-order valence-electron chi connectivity index (χ3n) is 6.34. The molecule has 6 aromatic rings. The van der Waals surface area contributed by atoms with Gasteiger partial charge in [0.15, 0.2) is 0 Å². The van der Waals surface area contributed by atoms with E-state index in [0.29, 0.717) is 28.0 Å². The van der Waals surface area contributed by atoms with Crippen molar-refractivity contribution in [3.63, 3.8) is 0 Å². The Kier molecular flexibility index (Phi) is 6.89. The molecular formula is C29H22N7O4P. The Bertz CT molecular complexity index is 1980. The van der Waals surface area contributed by atoms with Crippen LogP contribution in [0.3, 0.4) is 0 Å². The minimum atomic E-state index is -4.76. The number of anilines is 4. The van der Waals surface area contributed by atoms with Crippen LogP contribution >= 0.6 is 7.82 Å². The van der Waals surface area contributed by atoms with Crippen molar-refractivity contribution in [2.24, 2.45) is 0 Å². The molecule has 4 N–H and O–H groups in total. The zero-order chi connectivity index (χ0) is 28.4. The standard InChI is InChI=1S/C29H22N7O4P/c30-17-19-4-6-25-24(14-19)26(10-13-32-25)34-22-3-1-2-20(15-22)29-35-27-7-5-23(33-21-8-11-31-12-9-21)16-28(27)36(29)18-40-41(37,38)39/h1-16H,18H2,(H,31,33)(H,32,34)(H2,37,38,39). The monoisotopic (exact) mass is 563 g/mol. The maximum absolute atomic E-state index is 11.6. The quantitative estimate of drug-likeness (QED) is 0.160. The third-order valence-corrected chi connectivity index (χ3v) is 6.79. The average molecular weight is 564 g/mol. The number of pyridine rings is 2. The van der Waals surface area contributed by atoms with Crippen LogP contribution in [0.5, 0.6) is 0 Å². The number of phosphoric ester groups is 1. The molecule has 0 aliphatic heterocycles. The minimum Gasteiger partial charge on any atom is -0.355 e. The summed E-state index contributed by atoms with van der Waals surface area (Å²) in [6.07, 6.45) is 5.04. The fraction of sp³-hybridized carbons (Fsp3) is 0.0345. The van der Waals surface area contributed by atoms with Crippen molar-refractivity contribution in [2.75, 3.05) is 10.6 Å². The van der Waals surface area contributed by atoms with E-state index in [9.17, 15) is 19.6 Å². The van der Waals surface area contributed by atoms with Gasteiger partial charge in [0.2, 0.25) is 0 Å². The van der Waals surface area contributed by atoms with Crippen LogP contribution < -0.4 is 10.6 Å². The molecule has 0 fully saturated rings. The summed E-state index contributed by atoms with van der Waals surface area (Å²) in [5, 5.41) is 16.8. The number of hydrogen-bond acceptors (Lipinski definition) is 8. The maximum atomic E-state index is 11.6. The summed E-state index contributed by atoms with van der Waals surface area (Å²) >= 11 is 0. The average Bonchev–Trinajstić information content (AvgIpc) is 3.34. The van der Waals surface area contributed by atoms with E-state index in [0.717, 1.165) is 33.7 Å². The van der Waals surface area contributed by atoms with Gasteiger partial charge in [-0.2, -0.15) is 5.26 Å². The lowest BCUT2D eigenvalue weighted by molar-refractivity contribution is 0.157. The molecule has 202 valence electrons. The van der Waals surface area contributed by atoms with Gasteiger partial charge in [-0.1, -0.05) is 12.1 Å². The number of hydrogen-bond donors (Lipinski definition) is 4. The third kappa shape index (κ3) is 5.77. The molecule has 3 aromatic carbocycles. The van der Waals surface area contributed by atoms with Crippen LogP contribution in [0.2, 0.25) is 0 Å². The fourth-order valence-electron chi connectivity index (χ4n) is 4.50. The summed E-state index contributed by atoms with van der Waals surface area (Å²) in [6.45, 7) is -0.418. The molecule has 3 heterocycles. The van der Waals surface area contributed by atoms with Crippen LogP contribution in [0.25, 0.3) is 33.3 Å². The lowest BCUT2D eigenvalue weighted by Crippen LogP contribution is -2.04. The molecule has 0 amide bonds. The van der Waals surface area contributed by atoms with Crippen molar-refractivity contribution in [3.05, 3.63) is 103 Å². The first kappa shape index (κ1) is 26.1. The predicted molar refractivity (Wildman–Crippen MR) is 156 cm³/mol. The van der Waals surface area contributed by atoms with Gasteiger partial charge in [-0.3, -0.25) is 19.1 Å². The highest BCUT2D eigenvalue weighted by Gasteiger charge is 2.19. The first-order valence-electron chi connectivity index (χ1n) is 12.4. The van der Waals surface area contributed by atoms with Gasteiger partial charge in [-0.25, -0.2) is 9.55 Å². The topological polar surface area (TPSA) is 158 Å². The van der Waals surface area contributed by atoms with Crippen LogP contribution in [0.15, 0.2) is 97.5 Å². The van der Waals surface area contributed by atoms with Crippen molar-refractivity contribution in [1.82, 2.24) is 19.5 Å². The minimum absolute atomic E-state index is 0.418. The zero-order valence-corrected chi connectivity index (χ0v) is 22.2. The van der Waals surface area contributed by atoms with Gasteiger partial charge >= 0.3 is 7.82 Å². The summed E-state index contributed by atoms with van der Waals surface area (Å²) in [4.78, 5) is 32.0. The molecule has 3 aromatic heterocycles. The molecule has 0 spiro atoms. The van der Waals surface area contributed by atoms with Gasteiger partial charge in [0.1, 0.15) is 12.6 Å². The Labute approximate surface area is 234 Å². The van der Waals surface area contributed by atoms with E-state index in [1.54, 1.807) is 41.4 Å². The number of benzene rings is 3. The zero-order valence-electron chi connectivity index (χ0n) is 21.3. The van der Waals surface area contributed by atoms with Gasteiger partial charge in [0.05, 0.1) is 28.2 Å². The van der Waals surface area contributed by atoms with Crippen LogP contribution in [-0.2, 0) is 15.8 Å². The lowest BCUT2D eigenvalue weighted by atomic mass is 10.1. The summed E-state index contributed by atoms with van der Waals surface area (Å²) in [5.41, 5.74) is 6.32. The highest BCUT2D eigenvalue weighted by Crippen LogP contribution is 2.38. The lowest BCUT2D eigenvalue weighted by Gasteiger charge is -2.13. The highest BCUT2D eigenvalue weighted by atomic mass is 31.2. The van der Waals surface area contributed by atoms with Crippen molar-refractivity contribution in [3.8, 4) is 17.5 Å². The van der Waals surface area contributed by atoms with Crippen LogP contribution in [0, 0.1) is 11.3 Å². The Morgan fingerprint density at radius 2 is 1.68 bits per heavy atom. The van der Waals surface area contributed by atoms with Crippen molar-refractivity contribution in [2.45, 2.75) is 6.73 Å². The number of nitriles is 1. The number of imidazole rings is 1. The second-order valence-corrected chi connectivity index (χ2v) is 10.3. The first-order chi connectivity index (χ1) is 19.9. The summed E-state index contributed by atoms with van der Waals surface area (Å²) in [6, 6.07) is 26.0. The number of nitrogens with one attached hydrogen (secondary N) is 2. The Morgan fingerprint density at radius 3 is 2.49 bits per heavy atom. The maximum Gasteiger partial charge on any atom is 0.471 e. The molecule has 0 aliphatic carbocycles. The van der Waals surface area contributed by atoms with Gasteiger partial charge in [0.25, 0.3) is 0 Å². The molecular weight excluding hydrogens is 541 g/mol. The van der Waals surface area contributed by atoms with Gasteiger partial charge < -0.3 is 20.4 Å². The van der Waals surface area contributed by atoms with E-state index in [4.69, 9.17) is 9.51 Å². The molecule has 0 atom stereocenters. The van der Waals surface area contributed by atoms with E-state index < -0.39 is 14.6 Å². The molecule has 0 aliphatic rings. The molecule has 0 saturated heterocycles. The largest absolute Gasteiger partial charge is 0.471 e. The van der Waals surface area contributed by atoms with Gasteiger partial charge in [-0.05, 0) is 66.7 Å². The smallest absolute Gasteiger partial charge is 0.355 e. The fourth-order valence-corrected chi connectivity index (χ4v) is 4.77. The first-order valence-corrected chi connectivity index (χ1v) is 13.9. The number of aromatic nitrogens is 4.